The summed E-state index contributed by atoms with van der Waals surface area (Å²) in [5, 5.41) is 16.5. The molecule has 0 aliphatic carbocycles. The molecule has 0 aliphatic heterocycles. The molecule has 142 valence electrons. The lowest BCUT2D eigenvalue weighted by Crippen LogP contribution is -2.33. The molecule has 0 unspecified atom stereocenters. The molecule has 3 aromatic rings. The van der Waals surface area contributed by atoms with Crippen molar-refractivity contribution in [2.75, 3.05) is 5.32 Å². The van der Waals surface area contributed by atoms with Crippen LogP contribution < -0.4 is 10.6 Å². The van der Waals surface area contributed by atoms with Crippen molar-refractivity contribution in [3.05, 3.63) is 81.6 Å². The summed E-state index contributed by atoms with van der Waals surface area (Å²) in [4.78, 5) is 22.8. The van der Waals surface area contributed by atoms with Crippen molar-refractivity contribution in [3.8, 4) is 11.3 Å². The van der Waals surface area contributed by atoms with E-state index in [0.29, 0.717) is 11.3 Å². The molecule has 2 N–H and O–H groups in total. The first-order chi connectivity index (χ1) is 13.3. The van der Waals surface area contributed by atoms with Gasteiger partial charge in [-0.25, -0.2) is 0 Å². The van der Waals surface area contributed by atoms with Gasteiger partial charge in [0.2, 0.25) is 0 Å². The van der Waals surface area contributed by atoms with Crippen LogP contribution in [-0.4, -0.2) is 15.9 Å². The third kappa shape index (κ3) is 4.41. The number of amides is 1. The standard InChI is InChI=1S/C20H17N3O4S/c1-12-6-7-15(10-13(12)2)21-20(28)22-19(24)18-9-8-17(27-18)14-4-3-5-16(11-14)23(25)26/h3-11H,1-2H3,(H2,21,22,24,28). The van der Waals surface area contributed by atoms with Crippen LogP contribution in [0.1, 0.15) is 21.7 Å². The molecule has 0 spiro atoms. The average molecular weight is 395 g/mol. The summed E-state index contributed by atoms with van der Waals surface area (Å²) >= 11 is 5.17. The minimum atomic E-state index is -0.516. The number of carbonyl (C=O) groups excluding carboxylic acids is 1. The molecule has 7 nitrogen and oxygen atoms in total. The molecule has 3 rings (SSSR count). The number of anilines is 1. The van der Waals surface area contributed by atoms with Crippen LogP contribution in [0, 0.1) is 24.0 Å². The van der Waals surface area contributed by atoms with Crippen molar-refractivity contribution < 1.29 is 14.1 Å². The maximum absolute atomic E-state index is 12.3. The number of benzene rings is 2. The zero-order valence-electron chi connectivity index (χ0n) is 15.2. The fourth-order valence-electron chi connectivity index (χ4n) is 2.53. The molecule has 1 heterocycles. The number of nitrogens with zero attached hydrogens (tertiary/aromatic N) is 1. The van der Waals surface area contributed by atoms with Crippen molar-refractivity contribution in [1.82, 2.24) is 5.32 Å². The Labute approximate surface area is 166 Å². The smallest absolute Gasteiger partial charge is 0.293 e. The van der Waals surface area contributed by atoms with Gasteiger partial charge in [0.05, 0.1) is 4.92 Å². The number of carbonyl (C=O) groups is 1. The second-order valence-corrected chi connectivity index (χ2v) is 6.59. The monoisotopic (exact) mass is 395 g/mol. The van der Waals surface area contributed by atoms with Crippen molar-refractivity contribution in [2.45, 2.75) is 13.8 Å². The SMILES string of the molecule is Cc1ccc(NC(=S)NC(=O)c2ccc(-c3cccc([N+](=O)[O-])c3)o2)cc1C. The fourth-order valence-corrected chi connectivity index (χ4v) is 2.74. The topological polar surface area (TPSA) is 97.4 Å². The largest absolute Gasteiger partial charge is 0.451 e. The highest BCUT2D eigenvalue weighted by atomic mass is 32.1. The highest BCUT2D eigenvalue weighted by Crippen LogP contribution is 2.25. The Kier molecular flexibility index (Phi) is 5.51. The van der Waals surface area contributed by atoms with E-state index < -0.39 is 10.8 Å². The Hall–Kier alpha value is -3.52. The van der Waals surface area contributed by atoms with E-state index in [-0.39, 0.29) is 16.6 Å². The molecule has 0 aliphatic rings. The average Bonchev–Trinajstić information content (AvgIpc) is 3.15. The minimum absolute atomic E-state index is 0.0470. The molecule has 0 bridgehead atoms. The second kappa shape index (κ2) is 8.01. The van der Waals surface area contributed by atoms with E-state index in [9.17, 15) is 14.9 Å². The molecule has 0 fully saturated rings. The van der Waals surface area contributed by atoms with Gasteiger partial charge in [-0.15, -0.1) is 0 Å². The fraction of sp³-hybridized carbons (Fsp3) is 0.100. The van der Waals surface area contributed by atoms with E-state index in [1.807, 2.05) is 32.0 Å². The Balaban J connectivity index is 1.68. The van der Waals surface area contributed by atoms with Crippen LogP contribution in [-0.2, 0) is 0 Å². The van der Waals surface area contributed by atoms with Crippen LogP contribution in [0.15, 0.2) is 59.0 Å². The Morgan fingerprint density at radius 2 is 1.86 bits per heavy atom. The van der Waals surface area contributed by atoms with Crippen LogP contribution in [0.3, 0.4) is 0 Å². The van der Waals surface area contributed by atoms with Crippen molar-refractivity contribution in [2.24, 2.45) is 0 Å². The highest BCUT2D eigenvalue weighted by molar-refractivity contribution is 7.80. The highest BCUT2D eigenvalue weighted by Gasteiger charge is 2.15. The summed E-state index contributed by atoms with van der Waals surface area (Å²) in [6.45, 7) is 4.00. The van der Waals surface area contributed by atoms with Gasteiger partial charge in [0.1, 0.15) is 5.76 Å². The van der Waals surface area contributed by atoms with E-state index in [1.165, 1.54) is 18.2 Å². The number of nitro groups is 1. The maximum Gasteiger partial charge on any atom is 0.293 e. The summed E-state index contributed by atoms with van der Waals surface area (Å²) in [5.74, 6) is -0.120. The first kappa shape index (κ1) is 19.2. The van der Waals surface area contributed by atoms with Crippen molar-refractivity contribution in [1.29, 1.82) is 0 Å². The van der Waals surface area contributed by atoms with Crippen LogP contribution >= 0.6 is 12.2 Å². The Morgan fingerprint density at radius 1 is 1.07 bits per heavy atom. The molecule has 2 aromatic carbocycles. The lowest BCUT2D eigenvalue weighted by Gasteiger charge is -2.10. The normalized spacial score (nSPS) is 10.4. The summed E-state index contributed by atoms with van der Waals surface area (Å²) in [5.41, 5.74) is 3.48. The number of nitro benzene ring substituents is 1. The predicted molar refractivity (Wildman–Crippen MR) is 110 cm³/mol. The number of non-ortho nitro benzene ring substituents is 1. The van der Waals surface area contributed by atoms with Gasteiger partial charge in [0.25, 0.3) is 11.6 Å². The van der Waals surface area contributed by atoms with Crippen LogP contribution in [0.25, 0.3) is 11.3 Å². The lowest BCUT2D eigenvalue weighted by molar-refractivity contribution is -0.384. The van der Waals surface area contributed by atoms with Gasteiger partial charge in [-0.1, -0.05) is 18.2 Å². The summed E-state index contributed by atoms with van der Waals surface area (Å²) in [6, 6.07) is 14.8. The number of aryl methyl sites for hydroxylation is 2. The van der Waals surface area contributed by atoms with E-state index >= 15 is 0 Å². The van der Waals surface area contributed by atoms with E-state index in [4.69, 9.17) is 16.6 Å². The number of hydrogen-bond acceptors (Lipinski definition) is 5. The van der Waals surface area contributed by atoms with Gasteiger partial charge < -0.3 is 9.73 Å². The summed E-state index contributed by atoms with van der Waals surface area (Å²) < 4.78 is 5.53. The first-order valence-electron chi connectivity index (χ1n) is 8.38. The first-order valence-corrected chi connectivity index (χ1v) is 8.78. The molecule has 1 aromatic heterocycles. The van der Waals surface area contributed by atoms with Crippen LogP contribution in [0.5, 0.6) is 0 Å². The predicted octanol–water partition coefficient (Wildman–Crippen LogP) is 4.60. The third-order valence-electron chi connectivity index (χ3n) is 4.16. The van der Waals surface area contributed by atoms with Crippen LogP contribution in [0.4, 0.5) is 11.4 Å². The number of hydrogen-bond donors (Lipinski definition) is 2. The van der Waals surface area contributed by atoms with E-state index in [1.54, 1.807) is 18.2 Å². The molecular weight excluding hydrogens is 378 g/mol. The number of rotatable bonds is 4. The second-order valence-electron chi connectivity index (χ2n) is 6.18. The van der Waals surface area contributed by atoms with Gasteiger partial charge >= 0.3 is 0 Å². The van der Waals surface area contributed by atoms with Gasteiger partial charge in [0, 0.05) is 23.4 Å². The molecule has 0 saturated heterocycles. The molecule has 1 amide bonds. The van der Waals surface area contributed by atoms with E-state index in [2.05, 4.69) is 10.6 Å². The van der Waals surface area contributed by atoms with Crippen molar-refractivity contribution >= 4 is 34.6 Å². The maximum atomic E-state index is 12.3. The molecule has 0 atom stereocenters. The summed E-state index contributed by atoms with van der Waals surface area (Å²) in [6.07, 6.45) is 0. The minimum Gasteiger partial charge on any atom is -0.451 e. The lowest BCUT2D eigenvalue weighted by atomic mass is 10.1. The molecule has 8 heteroatoms. The van der Waals surface area contributed by atoms with Gasteiger partial charge in [0.15, 0.2) is 10.9 Å². The van der Waals surface area contributed by atoms with Gasteiger partial charge in [-0.3, -0.25) is 20.2 Å². The van der Waals surface area contributed by atoms with E-state index in [0.717, 1.165) is 16.8 Å². The van der Waals surface area contributed by atoms with Gasteiger partial charge in [-0.2, -0.15) is 0 Å². The molecular formula is C20H17N3O4S. The van der Waals surface area contributed by atoms with Crippen molar-refractivity contribution in [3.63, 3.8) is 0 Å². The third-order valence-corrected chi connectivity index (χ3v) is 4.37. The molecule has 0 radical (unpaired) electrons. The molecule has 28 heavy (non-hydrogen) atoms. The van der Waals surface area contributed by atoms with Gasteiger partial charge in [-0.05, 0) is 61.5 Å². The van der Waals surface area contributed by atoms with Crippen LogP contribution in [0.2, 0.25) is 0 Å². The zero-order valence-corrected chi connectivity index (χ0v) is 16.0. The number of furan rings is 1. The number of thiocarbonyl (C=S) groups is 1. The molecule has 0 saturated carbocycles. The Bertz CT molecular complexity index is 1070. The number of nitrogens with one attached hydrogen (secondary N) is 2. The Morgan fingerprint density at radius 3 is 2.57 bits per heavy atom. The summed E-state index contributed by atoms with van der Waals surface area (Å²) in [7, 11) is 0. The zero-order chi connectivity index (χ0) is 20.3. The quantitative estimate of drug-likeness (QED) is 0.381.